The zero-order chi connectivity index (χ0) is 19.7. The average Bonchev–Trinajstić information content (AvgIpc) is 2.93. The molecule has 2 bridgehead atoms. The van der Waals surface area contributed by atoms with Crippen LogP contribution in [0.15, 0.2) is 48.7 Å². The largest absolute Gasteiger partial charge is 0.474 e. The lowest BCUT2D eigenvalue weighted by Gasteiger charge is -2.38. The Kier molecular flexibility index (Phi) is 4.87. The van der Waals surface area contributed by atoms with Crippen LogP contribution in [0.25, 0.3) is 0 Å². The van der Waals surface area contributed by atoms with Crippen LogP contribution >= 0.6 is 0 Å². The topological polar surface area (TPSA) is 54.5 Å². The highest BCUT2D eigenvalue weighted by molar-refractivity contribution is 5.90. The van der Waals surface area contributed by atoms with E-state index in [0.717, 1.165) is 25.0 Å². The summed E-state index contributed by atoms with van der Waals surface area (Å²) in [5, 5.41) is 2.72. The fourth-order valence-electron chi connectivity index (χ4n) is 4.07. The molecule has 2 saturated heterocycles. The molecule has 2 atom stereocenters. The van der Waals surface area contributed by atoms with E-state index >= 15 is 0 Å². The van der Waals surface area contributed by atoms with Crippen LogP contribution in [0.5, 0.6) is 5.88 Å². The first-order valence-electron chi connectivity index (χ1n) is 9.24. The van der Waals surface area contributed by atoms with Crippen molar-refractivity contribution in [3.05, 3.63) is 54.2 Å². The van der Waals surface area contributed by atoms with E-state index in [4.69, 9.17) is 4.74 Å². The molecule has 1 aromatic heterocycles. The molecule has 28 heavy (non-hydrogen) atoms. The Morgan fingerprint density at radius 2 is 1.75 bits per heavy atom. The SMILES string of the molecule is O=C(Nc1ccc(C(F)(F)F)cc1)N1C2CCC1CC(Oc1ccccn1)C2. The van der Waals surface area contributed by atoms with E-state index in [1.807, 2.05) is 23.1 Å². The number of carbonyl (C=O) groups is 1. The second kappa shape index (κ2) is 7.33. The summed E-state index contributed by atoms with van der Waals surface area (Å²) in [6.07, 6.45) is 0.511. The number of rotatable bonds is 3. The van der Waals surface area contributed by atoms with E-state index in [1.54, 1.807) is 6.20 Å². The van der Waals surface area contributed by atoms with Crippen molar-refractivity contribution in [2.45, 2.75) is 50.0 Å². The number of nitrogens with zero attached hydrogens (tertiary/aromatic N) is 2. The molecule has 0 spiro atoms. The fourth-order valence-corrected chi connectivity index (χ4v) is 4.07. The first-order valence-corrected chi connectivity index (χ1v) is 9.24. The number of ether oxygens (including phenoxy) is 1. The molecular formula is C20H20F3N3O2. The van der Waals surface area contributed by atoms with Gasteiger partial charge in [0.05, 0.1) is 5.56 Å². The van der Waals surface area contributed by atoms with Gasteiger partial charge in [0.15, 0.2) is 0 Å². The van der Waals surface area contributed by atoms with E-state index in [9.17, 15) is 18.0 Å². The maximum atomic E-state index is 12.7. The number of pyridine rings is 1. The molecule has 8 heteroatoms. The molecule has 5 nitrogen and oxygen atoms in total. The third kappa shape index (κ3) is 3.90. The van der Waals surface area contributed by atoms with E-state index in [0.29, 0.717) is 24.4 Å². The number of urea groups is 1. The lowest BCUT2D eigenvalue weighted by atomic mass is 10.00. The molecule has 0 aliphatic carbocycles. The Morgan fingerprint density at radius 1 is 1.07 bits per heavy atom. The Balaban J connectivity index is 1.38. The Bertz CT molecular complexity index is 813. The number of hydrogen-bond donors (Lipinski definition) is 1. The summed E-state index contributed by atoms with van der Waals surface area (Å²) in [5.74, 6) is 0.578. The highest BCUT2D eigenvalue weighted by atomic mass is 19.4. The molecule has 0 radical (unpaired) electrons. The highest BCUT2D eigenvalue weighted by Crippen LogP contribution is 2.37. The van der Waals surface area contributed by atoms with Gasteiger partial charge >= 0.3 is 12.2 Å². The van der Waals surface area contributed by atoms with Gasteiger partial charge in [-0.25, -0.2) is 9.78 Å². The minimum atomic E-state index is -4.39. The van der Waals surface area contributed by atoms with Crippen LogP contribution in [0, 0.1) is 0 Å². The summed E-state index contributed by atoms with van der Waals surface area (Å²) in [6, 6.07) is 9.83. The number of nitrogens with one attached hydrogen (secondary N) is 1. The number of hydrogen-bond acceptors (Lipinski definition) is 3. The lowest BCUT2D eigenvalue weighted by molar-refractivity contribution is -0.137. The molecule has 1 N–H and O–H groups in total. The quantitative estimate of drug-likeness (QED) is 0.825. The van der Waals surface area contributed by atoms with E-state index in [2.05, 4.69) is 10.3 Å². The maximum Gasteiger partial charge on any atom is 0.416 e. The van der Waals surface area contributed by atoms with Crippen LogP contribution in [0.3, 0.4) is 0 Å². The molecule has 1 aromatic carbocycles. The number of anilines is 1. The first-order chi connectivity index (χ1) is 13.4. The van der Waals surface area contributed by atoms with Crippen LogP contribution in [-0.4, -0.2) is 34.1 Å². The number of alkyl halides is 3. The van der Waals surface area contributed by atoms with Crippen LogP contribution in [0.4, 0.5) is 23.7 Å². The Hall–Kier alpha value is -2.77. The number of aromatic nitrogens is 1. The molecule has 2 fully saturated rings. The van der Waals surface area contributed by atoms with Gasteiger partial charge in [-0.2, -0.15) is 13.2 Å². The average molecular weight is 391 g/mol. The van der Waals surface area contributed by atoms with Crippen molar-refractivity contribution in [2.24, 2.45) is 0 Å². The summed E-state index contributed by atoms with van der Waals surface area (Å²) < 4.78 is 43.9. The monoisotopic (exact) mass is 391 g/mol. The molecule has 2 amide bonds. The van der Waals surface area contributed by atoms with Gasteiger partial charge in [-0.15, -0.1) is 0 Å². The molecule has 148 valence electrons. The minimum Gasteiger partial charge on any atom is -0.474 e. The Labute approximate surface area is 160 Å². The van der Waals surface area contributed by atoms with Crippen molar-refractivity contribution in [3.63, 3.8) is 0 Å². The first kappa shape index (κ1) is 18.6. The zero-order valence-corrected chi connectivity index (χ0v) is 15.0. The van der Waals surface area contributed by atoms with E-state index in [-0.39, 0.29) is 24.2 Å². The van der Waals surface area contributed by atoms with Crippen molar-refractivity contribution < 1.29 is 22.7 Å². The fraction of sp³-hybridized carbons (Fsp3) is 0.400. The summed E-state index contributed by atoms with van der Waals surface area (Å²) in [6.45, 7) is 0. The summed E-state index contributed by atoms with van der Waals surface area (Å²) in [4.78, 5) is 18.7. The predicted molar refractivity (Wildman–Crippen MR) is 97.0 cm³/mol. The lowest BCUT2D eigenvalue weighted by Crippen LogP contribution is -2.50. The molecule has 3 heterocycles. The van der Waals surface area contributed by atoms with Crippen molar-refractivity contribution >= 4 is 11.7 Å². The van der Waals surface area contributed by atoms with Crippen molar-refractivity contribution in [1.82, 2.24) is 9.88 Å². The molecular weight excluding hydrogens is 371 g/mol. The number of amides is 2. The Morgan fingerprint density at radius 3 is 2.32 bits per heavy atom. The standard InChI is InChI=1S/C20H20F3N3O2/c21-20(22,23)13-4-6-14(7-5-13)25-19(27)26-15-8-9-16(26)12-17(11-15)28-18-3-1-2-10-24-18/h1-7,10,15-17H,8-9,11-12H2,(H,25,27). The van der Waals surface area contributed by atoms with Crippen LogP contribution in [-0.2, 0) is 6.18 Å². The van der Waals surface area contributed by atoms with Gasteiger partial charge in [0.1, 0.15) is 6.10 Å². The van der Waals surface area contributed by atoms with Gasteiger partial charge in [-0.3, -0.25) is 0 Å². The summed E-state index contributed by atoms with van der Waals surface area (Å²) in [7, 11) is 0. The van der Waals surface area contributed by atoms with E-state index < -0.39 is 11.7 Å². The number of benzene rings is 1. The van der Waals surface area contributed by atoms with Gasteiger partial charge in [0.2, 0.25) is 5.88 Å². The molecule has 2 aliphatic heterocycles. The van der Waals surface area contributed by atoms with Crippen LogP contribution in [0.1, 0.15) is 31.2 Å². The number of carbonyl (C=O) groups excluding carboxylic acids is 1. The third-order valence-electron chi connectivity index (χ3n) is 5.31. The van der Waals surface area contributed by atoms with Crippen LogP contribution in [0.2, 0.25) is 0 Å². The van der Waals surface area contributed by atoms with Gasteiger partial charge in [0.25, 0.3) is 0 Å². The third-order valence-corrected chi connectivity index (χ3v) is 5.31. The van der Waals surface area contributed by atoms with Gasteiger partial charge in [0, 0.05) is 42.9 Å². The predicted octanol–water partition coefficient (Wildman–Crippen LogP) is 4.71. The second-order valence-corrected chi connectivity index (χ2v) is 7.18. The van der Waals surface area contributed by atoms with Gasteiger partial charge in [-0.1, -0.05) is 6.07 Å². The zero-order valence-electron chi connectivity index (χ0n) is 15.0. The smallest absolute Gasteiger partial charge is 0.416 e. The summed E-state index contributed by atoms with van der Waals surface area (Å²) >= 11 is 0. The summed E-state index contributed by atoms with van der Waals surface area (Å²) in [5.41, 5.74) is -0.387. The molecule has 4 rings (SSSR count). The van der Waals surface area contributed by atoms with Gasteiger partial charge < -0.3 is 15.0 Å². The van der Waals surface area contributed by atoms with Crippen molar-refractivity contribution in [1.29, 1.82) is 0 Å². The normalized spacial score (nSPS) is 24.1. The molecule has 2 aliphatic rings. The van der Waals surface area contributed by atoms with E-state index in [1.165, 1.54) is 12.1 Å². The molecule has 0 saturated carbocycles. The van der Waals surface area contributed by atoms with Gasteiger partial charge in [-0.05, 0) is 43.2 Å². The van der Waals surface area contributed by atoms with Crippen LogP contribution < -0.4 is 10.1 Å². The molecule has 2 aromatic rings. The molecule has 2 unspecified atom stereocenters. The minimum absolute atomic E-state index is 0.00233. The second-order valence-electron chi connectivity index (χ2n) is 7.18. The number of fused-ring (bicyclic) bond motifs is 2. The maximum absolute atomic E-state index is 12.7. The highest BCUT2D eigenvalue weighted by Gasteiger charge is 2.44. The van der Waals surface area contributed by atoms with Crippen molar-refractivity contribution in [2.75, 3.05) is 5.32 Å². The number of piperidine rings is 1. The van der Waals surface area contributed by atoms with Crippen molar-refractivity contribution in [3.8, 4) is 5.88 Å². The number of halogens is 3.